The molecular weight excluding hydrogens is 358 g/mol. The maximum Gasteiger partial charge on any atom is 0.254 e. The van der Waals surface area contributed by atoms with E-state index in [9.17, 15) is 23.1 Å². The molecule has 0 radical (unpaired) electrons. The van der Waals surface area contributed by atoms with Crippen LogP contribution in [0.25, 0.3) is 0 Å². The molecular formula is C17H21N3O5S. The van der Waals surface area contributed by atoms with Crippen LogP contribution >= 0.6 is 0 Å². The van der Waals surface area contributed by atoms with E-state index < -0.39 is 15.9 Å². The van der Waals surface area contributed by atoms with Gasteiger partial charge in [0, 0.05) is 23.9 Å². The Bertz CT molecular complexity index is 936. The molecule has 2 rings (SSSR count). The van der Waals surface area contributed by atoms with Crippen molar-refractivity contribution in [2.75, 3.05) is 12.9 Å². The van der Waals surface area contributed by atoms with Crippen LogP contribution in [0.2, 0.25) is 0 Å². The third-order valence-corrected chi connectivity index (χ3v) is 5.12. The number of aromatic amines is 1. The standard InChI is InChI=1S/C17H21N3O5S/c1-11-14(17(23)19-10-18-11)7-8-16(22)20-15(9-21)12-3-5-13(6-4-12)26(2,24)25/h3-6,10,15,21H,7-9H2,1-2H3,(H,20,22)(H,18,19,23). The molecule has 0 saturated heterocycles. The molecule has 26 heavy (non-hydrogen) atoms. The predicted molar refractivity (Wildman–Crippen MR) is 95.4 cm³/mol. The average Bonchev–Trinajstić information content (AvgIpc) is 2.58. The molecule has 1 atom stereocenters. The van der Waals surface area contributed by atoms with Gasteiger partial charge >= 0.3 is 0 Å². The molecule has 2 aromatic rings. The smallest absolute Gasteiger partial charge is 0.254 e. The Morgan fingerprint density at radius 1 is 1.31 bits per heavy atom. The third-order valence-electron chi connectivity index (χ3n) is 4.00. The van der Waals surface area contributed by atoms with E-state index >= 15 is 0 Å². The van der Waals surface area contributed by atoms with Crippen LogP contribution in [0.5, 0.6) is 0 Å². The molecule has 0 fully saturated rings. The molecule has 1 amide bonds. The van der Waals surface area contributed by atoms with Gasteiger partial charge in [-0.2, -0.15) is 0 Å². The maximum absolute atomic E-state index is 12.2. The predicted octanol–water partition coefficient (Wildman–Crippen LogP) is 0.264. The van der Waals surface area contributed by atoms with Crippen LogP contribution in [0.15, 0.2) is 40.3 Å². The first kappa shape index (κ1) is 19.8. The molecule has 0 aliphatic carbocycles. The van der Waals surface area contributed by atoms with E-state index in [0.29, 0.717) is 16.8 Å². The molecule has 0 saturated carbocycles. The lowest BCUT2D eigenvalue weighted by molar-refractivity contribution is -0.122. The minimum absolute atomic E-state index is 0.0630. The number of sulfone groups is 1. The summed E-state index contributed by atoms with van der Waals surface area (Å²) in [4.78, 5) is 30.5. The number of carbonyl (C=O) groups excluding carboxylic acids is 1. The third kappa shape index (κ3) is 4.99. The second-order valence-electron chi connectivity index (χ2n) is 5.94. The number of aryl methyl sites for hydroxylation is 1. The van der Waals surface area contributed by atoms with Gasteiger partial charge in [-0.05, 0) is 31.0 Å². The molecule has 8 nitrogen and oxygen atoms in total. The Hall–Kier alpha value is -2.52. The molecule has 3 N–H and O–H groups in total. The van der Waals surface area contributed by atoms with E-state index in [1.54, 1.807) is 19.1 Å². The largest absolute Gasteiger partial charge is 0.394 e. The first-order valence-electron chi connectivity index (χ1n) is 7.95. The number of nitrogens with one attached hydrogen (secondary N) is 2. The molecule has 1 unspecified atom stereocenters. The van der Waals surface area contributed by atoms with Crippen molar-refractivity contribution in [3.8, 4) is 0 Å². The van der Waals surface area contributed by atoms with Gasteiger partial charge in [0.2, 0.25) is 5.91 Å². The Balaban J connectivity index is 2.03. The lowest BCUT2D eigenvalue weighted by Gasteiger charge is -2.17. The molecule has 0 aliphatic rings. The van der Waals surface area contributed by atoms with Crippen LogP contribution in [0.3, 0.4) is 0 Å². The minimum atomic E-state index is -3.31. The van der Waals surface area contributed by atoms with Crippen molar-refractivity contribution in [2.45, 2.75) is 30.7 Å². The minimum Gasteiger partial charge on any atom is -0.394 e. The number of benzene rings is 1. The van der Waals surface area contributed by atoms with E-state index in [2.05, 4.69) is 15.3 Å². The van der Waals surface area contributed by atoms with Gasteiger partial charge in [-0.1, -0.05) is 12.1 Å². The fourth-order valence-electron chi connectivity index (χ4n) is 2.50. The quantitative estimate of drug-likeness (QED) is 0.633. The fraction of sp³-hybridized carbons (Fsp3) is 0.353. The number of aliphatic hydroxyl groups excluding tert-OH is 1. The first-order chi connectivity index (χ1) is 12.2. The zero-order chi connectivity index (χ0) is 19.3. The SMILES string of the molecule is Cc1nc[nH]c(=O)c1CCC(=O)NC(CO)c1ccc(S(C)(=O)=O)cc1. The van der Waals surface area contributed by atoms with E-state index in [-0.39, 0.29) is 35.8 Å². The average molecular weight is 379 g/mol. The highest BCUT2D eigenvalue weighted by atomic mass is 32.2. The Morgan fingerprint density at radius 3 is 2.50 bits per heavy atom. The summed E-state index contributed by atoms with van der Waals surface area (Å²) in [5, 5.41) is 12.2. The summed E-state index contributed by atoms with van der Waals surface area (Å²) in [5.41, 5.74) is 1.32. The van der Waals surface area contributed by atoms with Crippen molar-refractivity contribution in [2.24, 2.45) is 0 Å². The summed E-state index contributed by atoms with van der Waals surface area (Å²) < 4.78 is 23.0. The Kier molecular flexibility index (Phi) is 6.27. The van der Waals surface area contributed by atoms with Gasteiger partial charge in [-0.25, -0.2) is 13.4 Å². The van der Waals surface area contributed by atoms with Crippen molar-refractivity contribution in [1.82, 2.24) is 15.3 Å². The van der Waals surface area contributed by atoms with E-state index in [1.165, 1.54) is 18.5 Å². The molecule has 1 aromatic carbocycles. The number of amides is 1. The number of aliphatic hydroxyl groups is 1. The number of H-pyrrole nitrogens is 1. The van der Waals surface area contributed by atoms with Gasteiger partial charge in [-0.3, -0.25) is 9.59 Å². The van der Waals surface area contributed by atoms with Crippen molar-refractivity contribution >= 4 is 15.7 Å². The summed E-state index contributed by atoms with van der Waals surface area (Å²) in [5.74, 6) is -0.334. The summed E-state index contributed by atoms with van der Waals surface area (Å²) >= 11 is 0. The van der Waals surface area contributed by atoms with E-state index in [4.69, 9.17) is 0 Å². The van der Waals surface area contributed by atoms with Crippen LogP contribution in [0.4, 0.5) is 0 Å². The summed E-state index contributed by atoms with van der Waals surface area (Å²) in [6.07, 6.45) is 2.71. The van der Waals surface area contributed by atoms with Crippen LogP contribution in [-0.4, -0.2) is 42.3 Å². The summed E-state index contributed by atoms with van der Waals surface area (Å²) in [6.45, 7) is 1.36. The van der Waals surface area contributed by atoms with E-state index in [0.717, 1.165) is 6.26 Å². The van der Waals surface area contributed by atoms with Crippen LogP contribution in [0, 0.1) is 6.92 Å². The van der Waals surface area contributed by atoms with Crippen molar-refractivity contribution in [1.29, 1.82) is 0 Å². The highest BCUT2D eigenvalue weighted by Gasteiger charge is 2.16. The normalized spacial score (nSPS) is 12.6. The number of hydrogen-bond donors (Lipinski definition) is 3. The number of nitrogens with zero attached hydrogens (tertiary/aromatic N) is 1. The summed E-state index contributed by atoms with van der Waals surface area (Å²) in [7, 11) is -3.31. The molecule has 0 spiro atoms. The Morgan fingerprint density at radius 2 is 1.96 bits per heavy atom. The number of aromatic nitrogens is 2. The highest BCUT2D eigenvalue weighted by Crippen LogP contribution is 2.16. The number of rotatable bonds is 7. The van der Waals surface area contributed by atoms with E-state index in [1.807, 2.05) is 0 Å². The van der Waals surface area contributed by atoms with Crippen LogP contribution < -0.4 is 10.9 Å². The van der Waals surface area contributed by atoms with Gasteiger partial charge in [0.05, 0.1) is 23.9 Å². The topological polar surface area (TPSA) is 129 Å². The zero-order valence-electron chi connectivity index (χ0n) is 14.5. The van der Waals surface area contributed by atoms with Crippen molar-refractivity contribution in [3.63, 3.8) is 0 Å². The molecule has 1 heterocycles. The second kappa shape index (κ2) is 8.24. The summed E-state index contributed by atoms with van der Waals surface area (Å²) in [6, 6.07) is 5.29. The lowest BCUT2D eigenvalue weighted by atomic mass is 10.1. The lowest BCUT2D eigenvalue weighted by Crippen LogP contribution is -2.31. The van der Waals surface area contributed by atoms with Gasteiger partial charge in [0.15, 0.2) is 9.84 Å². The van der Waals surface area contributed by atoms with Gasteiger partial charge < -0.3 is 15.4 Å². The highest BCUT2D eigenvalue weighted by molar-refractivity contribution is 7.90. The van der Waals surface area contributed by atoms with Crippen molar-refractivity contribution in [3.05, 3.63) is 57.8 Å². The first-order valence-corrected chi connectivity index (χ1v) is 9.85. The number of hydrogen-bond acceptors (Lipinski definition) is 6. The second-order valence-corrected chi connectivity index (χ2v) is 7.96. The fourth-order valence-corrected chi connectivity index (χ4v) is 3.13. The molecule has 0 aliphatic heterocycles. The van der Waals surface area contributed by atoms with Crippen molar-refractivity contribution < 1.29 is 18.3 Å². The van der Waals surface area contributed by atoms with Crippen LogP contribution in [-0.2, 0) is 21.1 Å². The van der Waals surface area contributed by atoms with Gasteiger partial charge in [0.25, 0.3) is 5.56 Å². The molecule has 9 heteroatoms. The van der Waals surface area contributed by atoms with Crippen LogP contribution in [0.1, 0.15) is 29.3 Å². The Labute approximate surface area is 151 Å². The monoisotopic (exact) mass is 379 g/mol. The molecule has 1 aromatic heterocycles. The maximum atomic E-state index is 12.2. The number of carbonyl (C=O) groups is 1. The molecule has 0 bridgehead atoms. The zero-order valence-corrected chi connectivity index (χ0v) is 15.3. The molecule has 140 valence electrons. The van der Waals surface area contributed by atoms with Gasteiger partial charge in [0.1, 0.15) is 0 Å². The van der Waals surface area contributed by atoms with Gasteiger partial charge in [-0.15, -0.1) is 0 Å².